The molecule has 0 aromatic heterocycles. The van der Waals surface area contributed by atoms with E-state index in [4.69, 9.17) is 0 Å². The summed E-state index contributed by atoms with van der Waals surface area (Å²) in [6.45, 7) is 6.72. The van der Waals surface area contributed by atoms with Crippen LogP contribution in [0.5, 0.6) is 0 Å². The quantitative estimate of drug-likeness (QED) is 0.826. The molecule has 3 nitrogen and oxygen atoms in total. The number of rotatable bonds is 7. The average molecular weight is 269 g/mol. The first-order chi connectivity index (χ1) is 8.45. The number of nitrogens with one attached hydrogen (secondary N) is 1. The summed E-state index contributed by atoms with van der Waals surface area (Å²) in [6.07, 6.45) is 0.656. The Kier molecular flexibility index (Phi) is 5.82. The molecular formula is C14H23NO2S. The topological polar surface area (TPSA) is 46.2 Å². The maximum Gasteiger partial charge on any atom is 0.157 e. The number of hydrogen-bond acceptors (Lipinski definition) is 3. The minimum Gasteiger partial charge on any atom is -0.314 e. The van der Waals surface area contributed by atoms with Gasteiger partial charge in [0.1, 0.15) is 0 Å². The van der Waals surface area contributed by atoms with Gasteiger partial charge in [0.05, 0.1) is 11.0 Å². The van der Waals surface area contributed by atoms with Gasteiger partial charge in [-0.2, -0.15) is 0 Å². The third kappa shape index (κ3) is 4.78. The van der Waals surface area contributed by atoms with Crippen LogP contribution in [0.3, 0.4) is 0 Å². The third-order valence-corrected chi connectivity index (χ3v) is 5.22. The molecule has 0 aliphatic carbocycles. The fourth-order valence-electron chi connectivity index (χ4n) is 2.03. The molecule has 0 spiro atoms. The van der Waals surface area contributed by atoms with Crippen LogP contribution < -0.4 is 5.32 Å². The van der Waals surface area contributed by atoms with Crippen molar-refractivity contribution in [2.45, 2.75) is 44.2 Å². The fourth-order valence-corrected chi connectivity index (χ4v) is 3.55. The van der Waals surface area contributed by atoms with Gasteiger partial charge in [-0.15, -0.1) is 0 Å². The molecular weight excluding hydrogens is 246 g/mol. The van der Waals surface area contributed by atoms with Crippen LogP contribution in [0.25, 0.3) is 0 Å². The molecule has 0 bridgehead atoms. The highest BCUT2D eigenvalue weighted by atomic mass is 32.2. The minimum absolute atomic E-state index is 0.133. The number of hydrogen-bond donors (Lipinski definition) is 1. The van der Waals surface area contributed by atoms with Crippen molar-refractivity contribution in [2.24, 2.45) is 0 Å². The van der Waals surface area contributed by atoms with Crippen LogP contribution in [-0.4, -0.2) is 26.3 Å². The van der Waals surface area contributed by atoms with Gasteiger partial charge in [0.25, 0.3) is 0 Å². The molecule has 18 heavy (non-hydrogen) atoms. The number of benzene rings is 1. The molecule has 1 aromatic rings. The zero-order valence-corrected chi connectivity index (χ0v) is 12.2. The first-order valence-corrected chi connectivity index (χ1v) is 8.16. The average Bonchev–Trinajstić information content (AvgIpc) is 2.29. The van der Waals surface area contributed by atoms with Gasteiger partial charge in [-0.05, 0) is 32.4 Å². The van der Waals surface area contributed by atoms with Gasteiger partial charge >= 0.3 is 0 Å². The largest absolute Gasteiger partial charge is 0.314 e. The van der Waals surface area contributed by atoms with Crippen molar-refractivity contribution >= 4 is 9.84 Å². The van der Waals surface area contributed by atoms with Crippen molar-refractivity contribution in [3.63, 3.8) is 0 Å². The Morgan fingerprint density at radius 2 is 1.78 bits per heavy atom. The summed E-state index contributed by atoms with van der Waals surface area (Å²) in [5, 5.41) is 2.93. The van der Waals surface area contributed by atoms with Crippen molar-refractivity contribution in [3.05, 3.63) is 35.9 Å². The predicted octanol–water partition coefficient (Wildman–Crippen LogP) is 2.38. The monoisotopic (exact) mass is 269 g/mol. The molecule has 1 N–H and O–H groups in total. The normalized spacial score (nSPS) is 15.3. The van der Waals surface area contributed by atoms with E-state index in [2.05, 4.69) is 5.32 Å². The Hall–Kier alpha value is -0.870. The van der Waals surface area contributed by atoms with Crippen LogP contribution >= 0.6 is 0 Å². The molecule has 4 heteroatoms. The first-order valence-electron chi connectivity index (χ1n) is 6.44. The molecule has 0 fully saturated rings. The van der Waals surface area contributed by atoms with Crippen LogP contribution in [0.2, 0.25) is 0 Å². The molecule has 2 unspecified atom stereocenters. The third-order valence-electron chi connectivity index (χ3n) is 3.06. The van der Waals surface area contributed by atoms with E-state index in [9.17, 15) is 8.42 Å². The lowest BCUT2D eigenvalue weighted by atomic mass is 10.2. The first kappa shape index (κ1) is 15.2. The molecule has 0 heterocycles. The van der Waals surface area contributed by atoms with Crippen LogP contribution in [0.1, 0.15) is 32.8 Å². The Morgan fingerprint density at radius 1 is 1.17 bits per heavy atom. The van der Waals surface area contributed by atoms with E-state index >= 15 is 0 Å². The predicted molar refractivity (Wildman–Crippen MR) is 76.3 cm³/mol. The Bertz CT molecular complexity index is 442. The Morgan fingerprint density at radius 3 is 2.33 bits per heavy atom. The van der Waals surface area contributed by atoms with Gasteiger partial charge in [0.2, 0.25) is 0 Å². The summed E-state index contributed by atoms with van der Waals surface area (Å²) < 4.78 is 24.4. The van der Waals surface area contributed by atoms with Crippen molar-refractivity contribution in [3.8, 4) is 0 Å². The van der Waals surface area contributed by atoms with Crippen molar-refractivity contribution < 1.29 is 8.42 Å². The van der Waals surface area contributed by atoms with E-state index in [1.807, 2.05) is 44.2 Å². The molecule has 0 saturated carbocycles. The van der Waals surface area contributed by atoms with E-state index in [-0.39, 0.29) is 17.0 Å². The smallest absolute Gasteiger partial charge is 0.157 e. The molecule has 0 radical (unpaired) electrons. The summed E-state index contributed by atoms with van der Waals surface area (Å²) in [5.41, 5.74) is 0.862. The van der Waals surface area contributed by atoms with Crippen LogP contribution in [0, 0.1) is 0 Å². The second-order valence-corrected chi connectivity index (χ2v) is 7.22. The zero-order chi connectivity index (χ0) is 13.6. The van der Waals surface area contributed by atoms with Crippen molar-refractivity contribution in [2.75, 3.05) is 6.54 Å². The molecule has 2 atom stereocenters. The molecule has 102 valence electrons. The standard InChI is InChI=1S/C14H23NO2S/c1-4-15-12(2)10-13(3)18(16,17)11-14-8-6-5-7-9-14/h5-9,12-13,15H,4,10-11H2,1-3H3. The molecule has 1 aromatic carbocycles. The highest BCUT2D eigenvalue weighted by molar-refractivity contribution is 7.91. The van der Waals surface area contributed by atoms with Gasteiger partial charge in [-0.25, -0.2) is 8.42 Å². The fraction of sp³-hybridized carbons (Fsp3) is 0.571. The minimum atomic E-state index is -3.07. The summed E-state index contributed by atoms with van der Waals surface area (Å²) >= 11 is 0. The van der Waals surface area contributed by atoms with E-state index in [0.717, 1.165) is 12.1 Å². The SMILES string of the molecule is CCNC(C)CC(C)S(=O)(=O)Cc1ccccc1. The second kappa shape index (κ2) is 6.90. The lowest BCUT2D eigenvalue weighted by Crippen LogP contribution is -2.32. The van der Waals surface area contributed by atoms with Crippen molar-refractivity contribution in [1.82, 2.24) is 5.32 Å². The van der Waals surface area contributed by atoms with Crippen LogP contribution in [0.4, 0.5) is 0 Å². The van der Waals surface area contributed by atoms with E-state index in [0.29, 0.717) is 6.42 Å². The van der Waals surface area contributed by atoms with Crippen LogP contribution in [0.15, 0.2) is 30.3 Å². The molecule has 0 saturated heterocycles. The van der Waals surface area contributed by atoms with Gasteiger partial charge < -0.3 is 5.32 Å². The van der Waals surface area contributed by atoms with Crippen molar-refractivity contribution in [1.29, 1.82) is 0 Å². The zero-order valence-electron chi connectivity index (χ0n) is 11.4. The van der Waals surface area contributed by atoms with E-state index < -0.39 is 9.84 Å². The number of sulfone groups is 1. The summed E-state index contributed by atoms with van der Waals surface area (Å²) in [4.78, 5) is 0. The second-order valence-electron chi connectivity index (χ2n) is 4.80. The lowest BCUT2D eigenvalue weighted by molar-refractivity contribution is 0.509. The summed E-state index contributed by atoms with van der Waals surface area (Å²) in [5.74, 6) is 0.133. The molecule has 0 aliphatic heterocycles. The molecule has 1 rings (SSSR count). The van der Waals surface area contributed by atoms with Gasteiger partial charge in [0, 0.05) is 6.04 Å². The van der Waals surface area contributed by atoms with E-state index in [1.165, 1.54) is 0 Å². The van der Waals surface area contributed by atoms with E-state index in [1.54, 1.807) is 6.92 Å². The highest BCUT2D eigenvalue weighted by Gasteiger charge is 2.22. The van der Waals surface area contributed by atoms with Gasteiger partial charge in [-0.1, -0.05) is 37.3 Å². The molecule has 0 amide bonds. The molecule has 0 aliphatic rings. The maximum atomic E-state index is 12.2. The van der Waals surface area contributed by atoms with Gasteiger partial charge in [0.15, 0.2) is 9.84 Å². The highest BCUT2D eigenvalue weighted by Crippen LogP contribution is 2.15. The summed E-state index contributed by atoms with van der Waals surface area (Å²) in [7, 11) is -3.07. The van der Waals surface area contributed by atoms with Crippen LogP contribution in [-0.2, 0) is 15.6 Å². The summed E-state index contributed by atoms with van der Waals surface area (Å²) in [6, 6.07) is 9.59. The van der Waals surface area contributed by atoms with Gasteiger partial charge in [-0.3, -0.25) is 0 Å². The Labute approximate surface area is 111 Å². The Balaban J connectivity index is 2.63. The maximum absolute atomic E-state index is 12.2. The lowest BCUT2D eigenvalue weighted by Gasteiger charge is -2.18.